The Balaban J connectivity index is 2.27. The van der Waals surface area contributed by atoms with Crippen LogP contribution in [0.25, 0.3) is 0 Å². The van der Waals surface area contributed by atoms with E-state index in [1.165, 1.54) is 19.3 Å². The summed E-state index contributed by atoms with van der Waals surface area (Å²) in [6.07, 6.45) is 3.71. The van der Waals surface area contributed by atoms with Gasteiger partial charge in [-0.1, -0.05) is 24.9 Å². The lowest BCUT2D eigenvalue weighted by Crippen LogP contribution is -2.35. The first-order valence-corrected chi connectivity index (χ1v) is 6.57. The summed E-state index contributed by atoms with van der Waals surface area (Å²) >= 11 is 6.03. The number of hydrogen-bond donors (Lipinski definition) is 0. The summed E-state index contributed by atoms with van der Waals surface area (Å²) in [4.78, 5) is 2.31. The number of nitrogens with zero attached hydrogens (tertiary/aromatic N) is 2. The van der Waals surface area contributed by atoms with E-state index in [0.717, 1.165) is 30.3 Å². The Kier molecular flexibility index (Phi) is 3.91. The third-order valence-corrected chi connectivity index (χ3v) is 3.75. The summed E-state index contributed by atoms with van der Waals surface area (Å²) in [5.74, 6) is 0.745. The van der Waals surface area contributed by atoms with E-state index in [9.17, 15) is 0 Å². The van der Waals surface area contributed by atoms with Crippen LogP contribution in [0.3, 0.4) is 0 Å². The van der Waals surface area contributed by atoms with Gasteiger partial charge in [0.1, 0.15) is 6.07 Å². The molecule has 1 aromatic rings. The van der Waals surface area contributed by atoms with Gasteiger partial charge in [-0.25, -0.2) is 0 Å². The zero-order chi connectivity index (χ0) is 12.3. The van der Waals surface area contributed by atoms with E-state index in [1.54, 1.807) is 6.07 Å². The van der Waals surface area contributed by atoms with Crippen LogP contribution < -0.4 is 4.90 Å². The van der Waals surface area contributed by atoms with Gasteiger partial charge in [-0.15, -0.1) is 0 Å². The average Bonchev–Trinajstić information content (AvgIpc) is 2.39. The molecule has 17 heavy (non-hydrogen) atoms. The van der Waals surface area contributed by atoms with Gasteiger partial charge < -0.3 is 4.90 Å². The Morgan fingerprint density at radius 1 is 1.53 bits per heavy atom. The standard InChI is InChI=1S/C14H17ClN2/c1-2-11-4-3-7-17(10-11)14-8-13(15)6-5-12(14)9-16/h5-6,8,11H,2-4,7,10H2,1H3. The average molecular weight is 249 g/mol. The molecule has 1 saturated heterocycles. The van der Waals surface area contributed by atoms with E-state index in [4.69, 9.17) is 16.9 Å². The first-order valence-electron chi connectivity index (χ1n) is 6.19. The molecule has 0 aliphatic carbocycles. The molecule has 1 aliphatic heterocycles. The minimum atomic E-state index is 0.706. The highest BCUT2D eigenvalue weighted by molar-refractivity contribution is 6.30. The molecule has 1 atom stereocenters. The van der Waals surface area contributed by atoms with Gasteiger partial charge in [-0.3, -0.25) is 0 Å². The Labute approximate surface area is 108 Å². The first-order chi connectivity index (χ1) is 8.24. The topological polar surface area (TPSA) is 27.0 Å². The maximum atomic E-state index is 9.14. The molecule has 90 valence electrons. The number of anilines is 1. The van der Waals surface area contributed by atoms with Crippen molar-refractivity contribution in [3.63, 3.8) is 0 Å². The second-order valence-corrected chi connectivity index (χ2v) is 5.07. The molecule has 1 aliphatic rings. The maximum Gasteiger partial charge on any atom is 0.101 e. The van der Waals surface area contributed by atoms with Gasteiger partial charge in [0.15, 0.2) is 0 Å². The van der Waals surface area contributed by atoms with Gasteiger partial charge in [0.05, 0.1) is 11.3 Å². The van der Waals surface area contributed by atoms with Crippen molar-refractivity contribution in [1.29, 1.82) is 5.26 Å². The van der Waals surface area contributed by atoms with Crippen LogP contribution in [0.2, 0.25) is 5.02 Å². The van der Waals surface area contributed by atoms with Crippen molar-refractivity contribution in [3.05, 3.63) is 28.8 Å². The highest BCUT2D eigenvalue weighted by Gasteiger charge is 2.20. The molecule has 0 saturated carbocycles. The Morgan fingerprint density at radius 2 is 2.35 bits per heavy atom. The lowest BCUT2D eigenvalue weighted by Gasteiger charge is -2.34. The van der Waals surface area contributed by atoms with Crippen molar-refractivity contribution < 1.29 is 0 Å². The van der Waals surface area contributed by atoms with Gasteiger partial charge in [0, 0.05) is 18.1 Å². The molecule has 0 spiro atoms. The van der Waals surface area contributed by atoms with Crippen LogP contribution in [0.4, 0.5) is 5.69 Å². The fourth-order valence-electron chi connectivity index (χ4n) is 2.48. The van der Waals surface area contributed by atoms with Crippen LogP contribution in [0.5, 0.6) is 0 Å². The zero-order valence-electron chi connectivity index (χ0n) is 10.1. The summed E-state index contributed by atoms with van der Waals surface area (Å²) in [6.45, 7) is 4.31. The molecular formula is C14H17ClN2. The van der Waals surface area contributed by atoms with E-state index in [-0.39, 0.29) is 0 Å². The van der Waals surface area contributed by atoms with Gasteiger partial charge in [-0.05, 0) is 37.0 Å². The normalized spacial score (nSPS) is 20.1. The van der Waals surface area contributed by atoms with Gasteiger partial charge in [0.25, 0.3) is 0 Å². The highest BCUT2D eigenvalue weighted by Crippen LogP contribution is 2.29. The van der Waals surface area contributed by atoms with Gasteiger partial charge >= 0.3 is 0 Å². The molecule has 1 aromatic carbocycles. The zero-order valence-corrected chi connectivity index (χ0v) is 10.9. The lowest BCUT2D eigenvalue weighted by molar-refractivity contribution is 0.404. The van der Waals surface area contributed by atoms with Crippen molar-refractivity contribution in [2.75, 3.05) is 18.0 Å². The molecule has 0 bridgehead atoms. The molecule has 1 heterocycles. The third-order valence-electron chi connectivity index (χ3n) is 3.52. The van der Waals surface area contributed by atoms with Crippen LogP contribution in [0.15, 0.2) is 18.2 Å². The van der Waals surface area contributed by atoms with E-state index in [0.29, 0.717) is 5.02 Å². The molecule has 0 radical (unpaired) electrons. The van der Waals surface area contributed by atoms with Crippen LogP contribution in [-0.2, 0) is 0 Å². The third kappa shape index (κ3) is 2.73. The molecule has 0 amide bonds. The first kappa shape index (κ1) is 12.3. The van der Waals surface area contributed by atoms with Crippen molar-refractivity contribution in [2.45, 2.75) is 26.2 Å². The van der Waals surface area contributed by atoms with Crippen molar-refractivity contribution >= 4 is 17.3 Å². The minimum Gasteiger partial charge on any atom is -0.370 e. The monoisotopic (exact) mass is 248 g/mol. The molecule has 0 aromatic heterocycles. The predicted molar refractivity (Wildman–Crippen MR) is 71.4 cm³/mol. The highest BCUT2D eigenvalue weighted by atomic mass is 35.5. The van der Waals surface area contributed by atoms with Crippen molar-refractivity contribution in [2.24, 2.45) is 5.92 Å². The number of rotatable bonds is 2. The van der Waals surface area contributed by atoms with Crippen LogP contribution >= 0.6 is 11.6 Å². The summed E-state index contributed by atoms with van der Waals surface area (Å²) in [7, 11) is 0. The van der Waals surface area contributed by atoms with E-state index >= 15 is 0 Å². The number of halogens is 1. The summed E-state index contributed by atoms with van der Waals surface area (Å²) in [6, 6.07) is 7.76. The minimum absolute atomic E-state index is 0.706. The van der Waals surface area contributed by atoms with Crippen LogP contribution in [-0.4, -0.2) is 13.1 Å². The number of benzene rings is 1. The number of hydrogen-bond acceptors (Lipinski definition) is 2. The second-order valence-electron chi connectivity index (χ2n) is 4.64. The predicted octanol–water partition coefficient (Wildman–Crippen LogP) is 3.84. The van der Waals surface area contributed by atoms with Gasteiger partial charge in [0.2, 0.25) is 0 Å². The van der Waals surface area contributed by atoms with Crippen LogP contribution in [0, 0.1) is 17.2 Å². The Hall–Kier alpha value is -1.20. The molecule has 0 N–H and O–H groups in total. The summed E-state index contributed by atoms with van der Waals surface area (Å²) in [5, 5.41) is 9.85. The largest absolute Gasteiger partial charge is 0.370 e. The fourth-order valence-corrected chi connectivity index (χ4v) is 2.64. The molecule has 1 unspecified atom stereocenters. The van der Waals surface area contributed by atoms with Crippen molar-refractivity contribution in [3.8, 4) is 6.07 Å². The van der Waals surface area contributed by atoms with Gasteiger partial charge in [-0.2, -0.15) is 5.26 Å². The molecule has 2 nitrogen and oxygen atoms in total. The summed E-state index contributed by atoms with van der Waals surface area (Å²) < 4.78 is 0. The molecule has 2 rings (SSSR count). The maximum absolute atomic E-state index is 9.14. The van der Waals surface area contributed by atoms with E-state index in [2.05, 4.69) is 17.9 Å². The van der Waals surface area contributed by atoms with E-state index in [1.807, 2.05) is 12.1 Å². The Morgan fingerprint density at radius 3 is 3.06 bits per heavy atom. The summed E-state index contributed by atoms with van der Waals surface area (Å²) in [5.41, 5.74) is 1.73. The number of piperidine rings is 1. The smallest absolute Gasteiger partial charge is 0.101 e. The number of nitriles is 1. The molecule has 1 fully saturated rings. The fraction of sp³-hybridized carbons (Fsp3) is 0.500. The second kappa shape index (κ2) is 5.42. The van der Waals surface area contributed by atoms with Crippen molar-refractivity contribution in [1.82, 2.24) is 0 Å². The quantitative estimate of drug-likeness (QED) is 0.795. The lowest BCUT2D eigenvalue weighted by atomic mass is 9.95. The Bertz CT molecular complexity index is 436. The molecule has 3 heteroatoms. The van der Waals surface area contributed by atoms with E-state index < -0.39 is 0 Å². The SMILES string of the molecule is CCC1CCCN(c2cc(Cl)ccc2C#N)C1. The molecular weight excluding hydrogens is 232 g/mol. The van der Waals surface area contributed by atoms with Crippen LogP contribution in [0.1, 0.15) is 31.7 Å².